The normalized spacial score (nSPS) is 13.2. The summed E-state index contributed by atoms with van der Waals surface area (Å²) in [5, 5.41) is 0. The van der Waals surface area contributed by atoms with Crippen LogP contribution >= 0.6 is 0 Å². The maximum atomic E-state index is 11.5. The van der Waals surface area contributed by atoms with Gasteiger partial charge in [0.05, 0.1) is 12.5 Å². The van der Waals surface area contributed by atoms with Crippen molar-refractivity contribution in [2.24, 2.45) is 11.8 Å². The minimum Gasteiger partial charge on any atom is -0.465 e. The first-order chi connectivity index (χ1) is 6.49. The fourth-order valence-electron chi connectivity index (χ4n) is 1.01. The van der Waals surface area contributed by atoms with Crippen molar-refractivity contribution in [3.8, 4) is 0 Å². The van der Waals surface area contributed by atoms with Gasteiger partial charge >= 0.3 is 5.97 Å². The average molecular weight is 196 g/mol. The van der Waals surface area contributed by atoms with Gasteiger partial charge in [-0.3, -0.25) is 4.79 Å². The van der Waals surface area contributed by atoms with E-state index in [1.54, 1.807) is 6.92 Å². The molecule has 0 fully saturated rings. The summed E-state index contributed by atoms with van der Waals surface area (Å²) in [4.78, 5) is 11.5. The lowest BCUT2D eigenvalue weighted by Crippen LogP contribution is -2.16. The van der Waals surface area contributed by atoms with Gasteiger partial charge in [0, 0.05) is 0 Å². The van der Waals surface area contributed by atoms with Crippen molar-refractivity contribution in [1.82, 2.24) is 0 Å². The summed E-state index contributed by atoms with van der Waals surface area (Å²) in [6, 6.07) is 0. The predicted molar refractivity (Wildman–Crippen MR) is 58.9 cm³/mol. The van der Waals surface area contributed by atoms with Crippen molar-refractivity contribution in [1.29, 1.82) is 0 Å². The minimum absolute atomic E-state index is 0.211. The second kappa shape index (κ2) is 6.41. The highest BCUT2D eigenvalue weighted by atomic mass is 16.5. The standard InChI is InChI=1S/C12H20O2/c1-6-14-12(13)11(10(4)5)8-7-9(2)3/h7-9,11H,4,6H2,1-3,5H3/b8-7+/t11-/m1/s1. The van der Waals surface area contributed by atoms with Gasteiger partial charge in [0.15, 0.2) is 0 Å². The van der Waals surface area contributed by atoms with E-state index in [2.05, 4.69) is 20.4 Å². The number of allylic oxidation sites excluding steroid dienone is 1. The van der Waals surface area contributed by atoms with E-state index in [1.165, 1.54) is 0 Å². The summed E-state index contributed by atoms with van der Waals surface area (Å²) in [6.45, 7) is 12.0. The SMILES string of the molecule is C=C(C)[C@@H](/C=C/C(C)C)C(=O)OCC. The highest BCUT2D eigenvalue weighted by molar-refractivity contribution is 5.77. The van der Waals surface area contributed by atoms with Crippen LogP contribution in [-0.2, 0) is 9.53 Å². The summed E-state index contributed by atoms with van der Waals surface area (Å²) in [7, 11) is 0. The van der Waals surface area contributed by atoms with Crippen molar-refractivity contribution in [2.75, 3.05) is 6.61 Å². The third kappa shape index (κ3) is 4.85. The Bertz CT molecular complexity index is 226. The Balaban J connectivity index is 4.44. The van der Waals surface area contributed by atoms with E-state index in [0.717, 1.165) is 5.57 Å². The smallest absolute Gasteiger partial charge is 0.316 e. The Morgan fingerprint density at radius 3 is 2.36 bits per heavy atom. The molecule has 0 aromatic rings. The van der Waals surface area contributed by atoms with Crippen molar-refractivity contribution in [2.45, 2.75) is 27.7 Å². The Morgan fingerprint density at radius 1 is 1.43 bits per heavy atom. The van der Waals surface area contributed by atoms with E-state index in [1.807, 2.05) is 19.1 Å². The van der Waals surface area contributed by atoms with Gasteiger partial charge < -0.3 is 4.74 Å². The zero-order valence-corrected chi connectivity index (χ0v) is 9.54. The van der Waals surface area contributed by atoms with E-state index in [0.29, 0.717) is 12.5 Å². The van der Waals surface area contributed by atoms with Crippen LogP contribution in [0.4, 0.5) is 0 Å². The van der Waals surface area contributed by atoms with Gasteiger partial charge in [0.2, 0.25) is 0 Å². The van der Waals surface area contributed by atoms with E-state index in [9.17, 15) is 4.79 Å². The van der Waals surface area contributed by atoms with Crippen LogP contribution in [-0.4, -0.2) is 12.6 Å². The Hall–Kier alpha value is -1.05. The fourth-order valence-corrected chi connectivity index (χ4v) is 1.01. The molecule has 0 rings (SSSR count). The second-order valence-electron chi connectivity index (χ2n) is 3.70. The molecule has 80 valence electrons. The molecule has 0 radical (unpaired) electrons. The van der Waals surface area contributed by atoms with Gasteiger partial charge in [-0.15, -0.1) is 0 Å². The lowest BCUT2D eigenvalue weighted by atomic mass is 10.00. The van der Waals surface area contributed by atoms with E-state index in [4.69, 9.17) is 4.74 Å². The Morgan fingerprint density at radius 2 is 2.00 bits per heavy atom. The van der Waals surface area contributed by atoms with Crippen LogP contribution in [0.2, 0.25) is 0 Å². The third-order valence-electron chi connectivity index (χ3n) is 1.76. The maximum Gasteiger partial charge on any atom is 0.316 e. The summed E-state index contributed by atoms with van der Waals surface area (Å²) in [6.07, 6.45) is 3.86. The topological polar surface area (TPSA) is 26.3 Å². The van der Waals surface area contributed by atoms with Crippen LogP contribution in [0.5, 0.6) is 0 Å². The molecule has 0 aromatic carbocycles. The van der Waals surface area contributed by atoms with Crippen LogP contribution in [0.25, 0.3) is 0 Å². The lowest BCUT2D eigenvalue weighted by Gasteiger charge is -2.11. The van der Waals surface area contributed by atoms with Crippen LogP contribution in [0.15, 0.2) is 24.3 Å². The molecule has 0 aliphatic heterocycles. The van der Waals surface area contributed by atoms with Crippen LogP contribution in [0.1, 0.15) is 27.7 Å². The van der Waals surface area contributed by atoms with Gasteiger partial charge in [-0.2, -0.15) is 0 Å². The number of carbonyl (C=O) groups is 1. The molecule has 0 saturated heterocycles. The molecule has 0 N–H and O–H groups in total. The number of hydrogen-bond donors (Lipinski definition) is 0. The molecular weight excluding hydrogens is 176 g/mol. The summed E-state index contributed by atoms with van der Waals surface area (Å²) in [5.41, 5.74) is 0.820. The van der Waals surface area contributed by atoms with E-state index in [-0.39, 0.29) is 11.9 Å². The fraction of sp³-hybridized carbons (Fsp3) is 0.583. The zero-order chi connectivity index (χ0) is 11.1. The van der Waals surface area contributed by atoms with Gasteiger partial charge in [-0.1, -0.05) is 38.2 Å². The Labute approximate surface area is 86.6 Å². The van der Waals surface area contributed by atoms with Crippen LogP contribution in [0.3, 0.4) is 0 Å². The van der Waals surface area contributed by atoms with E-state index < -0.39 is 0 Å². The average Bonchev–Trinajstić information content (AvgIpc) is 2.03. The van der Waals surface area contributed by atoms with E-state index >= 15 is 0 Å². The molecule has 0 heterocycles. The third-order valence-corrected chi connectivity index (χ3v) is 1.76. The largest absolute Gasteiger partial charge is 0.465 e. The van der Waals surface area contributed by atoms with Crippen molar-refractivity contribution >= 4 is 5.97 Å². The van der Waals surface area contributed by atoms with Gasteiger partial charge in [-0.05, 0) is 19.8 Å². The lowest BCUT2D eigenvalue weighted by molar-refractivity contribution is -0.145. The summed E-state index contributed by atoms with van der Waals surface area (Å²) >= 11 is 0. The molecule has 0 spiro atoms. The molecule has 0 aliphatic carbocycles. The van der Waals surface area contributed by atoms with Crippen LogP contribution < -0.4 is 0 Å². The number of esters is 1. The molecule has 0 aliphatic rings. The minimum atomic E-state index is -0.294. The molecule has 0 bridgehead atoms. The first-order valence-corrected chi connectivity index (χ1v) is 4.99. The first-order valence-electron chi connectivity index (χ1n) is 4.99. The quantitative estimate of drug-likeness (QED) is 0.499. The summed E-state index contributed by atoms with van der Waals surface area (Å²) in [5.74, 6) is -0.0690. The number of rotatable bonds is 5. The molecule has 2 nitrogen and oxygen atoms in total. The molecule has 2 heteroatoms. The van der Waals surface area contributed by atoms with Crippen molar-refractivity contribution in [3.63, 3.8) is 0 Å². The first kappa shape index (κ1) is 12.9. The highest BCUT2D eigenvalue weighted by Crippen LogP contribution is 2.13. The maximum absolute atomic E-state index is 11.5. The molecule has 0 unspecified atom stereocenters. The number of ether oxygens (including phenoxy) is 1. The molecular formula is C12H20O2. The monoisotopic (exact) mass is 196 g/mol. The van der Waals surface area contributed by atoms with Crippen molar-refractivity contribution in [3.05, 3.63) is 24.3 Å². The molecule has 0 saturated carbocycles. The molecule has 14 heavy (non-hydrogen) atoms. The molecule has 1 atom stereocenters. The predicted octanol–water partition coefficient (Wildman–Crippen LogP) is 2.95. The number of hydrogen-bond acceptors (Lipinski definition) is 2. The summed E-state index contributed by atoms with van der Waals surface area (Å²) < 4.78 is 4.95. The molecule has 0 amide bonds. The zero-order valence-electron chi connectivity index (χ0n) is 9.54. The van der Waals surface area contributed by atoms with Gasteiger partial charge in [0.1, 0.15) is 0 Å². The van der Waals surface area contributed by atoms with Gasteiger partial charge in [0.25, 0.3) is 0 Å². The number of carbonyl (C=O) groups excluding carboxylic acids is 1. The molecule has 0 aromatic heterocycles. The van der Waals surface area contributed by atoms with Gasteiger partial charge in [-0.25, -0.2) is 0 Å². The second-order valence-corrected chi connectivity index (χ2v) is 3.70. The van der Waals surface area contributed by atoms with Crippen molar-refractivity contribution < 1.29 is 9.53 Å². The van der Waals surface area contributed by atoms with Crippen LogP contribution in [0, 0.1) is 11.8 Å². The highest BCUT2D eigenvalue weighted by Gasteiger charge is 2.16. The Kier molecular flexibility index (Phi) is 5.93.